The second kappa shape index (κ2) is 13.3. The van der Waals surface area contributed by atoms with Crippen molar-refractivity contribution < 1.29 is 9.47 Å². The SMILES string of the molecule is CN=C(NCc1ccc(C)cc1OCCCOC)NCC(C)C.I. The highest BCUT2D eigenvalue weighted by atomic mass is 127. The Morgan fingerprint density at radius 2 is 1.96 bits per heavy atom. The largest absolute Gasteiger partial charge is 0.493 e. The number of rotatable bonds is 9. The van der Waals surface area contributed by atoms with Crippen LogP contribution < -0.4 is 15.4 Å². The summed E-state index contributed by atoms with van der Waals surface area (Å²) in [6, 6.07) is 6.28. The molecule has 0 saturated carbocycles. The van der Waals surface area contributed by atoms with E-state index in [1.54, 1.807) is 14.2 Å². The van der Waals surface area contributed by atoms with E-state index < -0.39 is 0 Å². The monoisotopic (exact) mass is 449 g/mol. The van der Waals surface area contributed by atoms with Crippen LogP contribution in [0.15, 0.2) is 23.2 Å². The van der Waals surface area contributed by atoms with E-state index >= 15 is 0 Å². The Kier molecular flexibility index (Phi) is 12.7. The Morgan fingerprint density at radius 3 is 2.58 bits per heavy atom. The molecule has 0 saturated heterocycles. The van der Waals surface area contributed by atoms with Crippen LogP contribution in [0.5, 0.6) is 5.75 Å². The second-order valence-corrected chi connectivity index (χ2v) is 6.01. The van der Waals surface area contributed by atoms with Crippen molar-refractivity contribution in [1.29, 1.82) is 0 Å². The first-order valence-corrected chi connectivity index (χ1v) is 8.22. The van der Waals surface area contributed by atoms with Crippen molar-refractivity contribution in [2.75, 3.05) is 33.9 Å². The van der Waals surface area contributed by atoms with Crippen LogP contribution in [0.25, 0.3) is 0 Å². The van der Waals surface area contributed by atoms with Gasteiger partial charge in [0, 0.05) is 45.8 Å². The van der Waals surface area contributed by atoms with Gasteiger partial charge in [-0.2, -0.15) is 0 Å². The van der Waals surface area contributed by atoms with Crippen molar-refractivity contribution in [3.63, 3.8) is 0 Å². The summed E-state index contributed by atoms with van der Waals surface area (Å²) in [5.41, 5.74) is 2.32. The van der Waals surface area contributed by atoms with Crippen molar-refractivity contribution in [2.45, 2.75) is 33.7 Å². The minimum Gasteiger partial charge on any atom is -0.493 e. The third-order valence-corrected chi connectivity index (χ3v) is 3.32. The van der Waals surface area contributed by atoms with Gasteiger partial charge < -0.3 is 20.1 Å². The standard InChI is InChI=1S/C18H31N3O2.HI/c1-14(2)12-20-18(19-4)21-13-16-8-7-15(3)11-17(16)23-10-6-9-22-5;/h7-8,11,14H,6,9-10,12-13H2,1-5H3,(H2,19,20,21);1H. The summed E-state index contributed by atoms with van der Waals surface area (Å²) in [4.78, 5) is 4.25. The van der Waals surface area contributed by atoms with Crippen LogP contribution >= 0.6 is 24.0 Å². The van der Waals surface area contributed by atoms with Gasteiger partial charge in [0.15, 0.2) is 5.96 Å². The molecule has 2 N–H and O–H groups in total. The van der Waals surface area contributed by atoms with E-state index in [-0.39, 0.29) is 24.0 Å². The Hall–Kier alpha value is -1.02. The average Bonchev–Trinajstić information content (AvgIpc) is 2.53. The Morgan fingerprint density at radius 1 is 1.21 bits per heavy atom. The zero-order valence-corrected chi connectivity index (χ0v) is 17.8. The lowest BCUT2D eigenvalue weighted by Crippen LogP contribution is -2.38. The van der Waals surface area contributed by atoms with Crippen molar-refractivity contribution in [3.8, 4) is 5.75 Å². The molecule has 0 atom stereocenters. The Labute approximate surface area is 163 Å². The Balaban J connectivity index is 0.00000529. The van der Waals surface area contributed by atoms with E-state index in [0.29, 0.717) is 25.7 Å². The predicted molar refractivity (Wildman–Crippen MR) is 112 cm³/mol. The summed E-state index contributed by atoms with van der Waals surface area (Å²) in [5, 5.41) is 6.65. The summed E-state index contributed by atoms with van der Waals surface area (Å²) in [6.45, 7) is 9.36. The van der Waals surface area contributed by atoms with Gasteiger partial charge in [-0.1, -0.05) is 26.0 Å². The van der Waals surface area contributed by atoms with Crippen LogP contribution in [0.2, 0.25) is 0 Å². The highest BCUT2D eigenvalue weighted by Crippen LogP contribution is 2.20. The highest BCUT2D eigenvalue weighted by Gasteiger charge is 2.06. The van der Waals surface area contributed by atoms with Gasteiger partial charge in [0.05, 0.1) is 6.61 Å². The van der Waals surface area contributed by atoms with Crippen molar-refractivity contribution in [3.05, 3.63) is 29.3 Å². The third-order valence-electron chi connectivity index (χ3n) is 3.32. The second-order valence-electron chi connectivity index (χ2n) is 6.01. The highest BCUT2D eigenvalue weighted by molar-refractivity contribution is 14.0. The molecular weight excluding hydrogens is 417 g/mol. The number of methoxy groups -OCH3 is 1. The number of aliphatic imine (C=N–C) groups is 1. The number of nitrogens with one attached hydrogen (secondary N) is 2. The number of ether oxygens (including phenoxy) is 2. The van der Waals surface area contributed by atoms with Crippen LogP contribution in [-0.4, -0.2) is 39.9 Å². The summed E-state index contributed by atoms with van der Waals surface area (Å²) >= 11 is 0. The first-order chi connectivity index (χ1) is 11.1. The van der Waals surface area contributed by atoms with Gasteiger partial charge in [0.25, 0.3) is 0 Å². The quantitative estimate of drug-likeness (QED) is 0.263. The number of aryl methyl sites for hydroxylation is 1. The zero-order valence-electron chi connectivity index (χ0n) is 15.5. The topological polar surface area (TPSA) is 54.9 Å². The minimum absolute atomic E-state index is 0. The molecule has 1 aromatic carbocycles. The van der Waals surface area contributed by atoms with Gasteiger partial charge in [-0.05, 0) is 24.5 Å². The zero-order chi connectivity index (χ0) is 17.1. The summed E-state index contributed by atoms with van der Waals surface area (Å²) < 4.78 is 11.0. The van der Waals surface area contributed by atoms with Crippen molar-refractivity contribution in [2.24, 2.45) is 10.9 Å². The maximum atomic E-state index is 5.90. The molecule has 1 rings (SSSR count). The number of guanidine groups is 1. The number of nitrogens with zero attached hydrogens (tertiary/aromatic N) is 1. The van der Waals surface area contributed by atoms with E-state index in [1.807, 2.05) is 0 Å². The number of hydrogen-bond acceptors (Lipinski definition) is 3. The lowest BCUT2D eigenvalue weighted by molar-refractivity contribution is 0.171. The summed E-state index contributed by atoms with van der Waals surface area (Å²) in [5.74, 6) is 2.31. The smallest absolute Gasteiger partial charge is 0.191 e. The normalized spacial score (nSPS) is 11.2. The molecule has 0 aliphatic rings. The minimum atomic E-state index is 0. The van der Waals surface area contributed by atoms with Crippen LogP contribution in [0.4, 0.5) is 0 Å². The fourth-order valence-electron chi connectivity index (χ4n) is 2.03. The van der Waals surface area contributed by atoms with E-state index in [0.717, 1.165) is 30.2 Å². The molecule has 0 radical (unpaired) electrons. The van der Waals surface area contributed by atoms with Gasteiger partial charge in [-0.3, -0.25) is 4.99 Å². The molecule has 0 bridgehead atoms. The molecule has 138 valence electrons. The van der Waals surface area contributed by atoms with Gasteiger partial charge >= 0.3 is 0 Å². The first kappa shape index (κ1) is 23.0. The van der Waals surface area contributed by atoms with Gasteiger partial charge in [0.2, 0.25) is 0 Å². The third kappa shape index (κ3) is 9.32. The molecule has 0 aromatic heterocycles. The van der Waals surface area contributed by atoms with Gasteiger partial charge in [-0.15, -0.1) is 24.0 Å². The molecule has 0 unspecified atom stereocenters. The molecule has 24 heavy (non-hydrogen) atoms. The number of halogens is 1. The maximum Gasteiger partial charge on any atom is 0.191 e. The van der Waals surface area contributed by atoms with E-state index in [1.165, 1.54) is 5.56 Å². The Bertz CT molecular complexity index is 493. The van der Waals surface area contributed by atoms with Crippen LogP contribution in [0.3, 0.4) is 0 Å². The lowest BCUT2D eigenvalue weighted by atomic mass is 10.1. The van der Waals surface area contributed by atoms with Gasteiger partial charge in [0.1, 0.15) is 5.75 Å². The van der Waals surface area contributed by atoms with Crippen molar-refractivity contribution in [1.82, 2.24) is 10.6 Å². The lowest BCUT2D eigenvalue weighted by Gasteiger charge is -2.16. The first-order valence-electron chi connectivity index (χ1n) is 8.22. The molecule has 1 aromatic rings. The van der Waals surface area contributed by atoms with Gasteiger partial charge in [-0.25, -0.2) is 0 Å². The summed E-state index contributed by atoms with van der Waals surface area (Å²) in [7, 11) is 3.49. The maximum absolute atomic E-state index is 5.90. The fourth-order valence-corrected chi connectivity index (χ4v) is 2.03. The van der Waals surface area contributed by atoms with Crippen LogP contribution in [0, 0.1) is 12.8 Å². The van der Waals surface area contributed by atoms with E-state index in [9.17, 15) is 0 Å². The fraction of sp³-hybridized carbons (Fsp3) is 0.611. The van der Waals surface area contributed by atoms with E-state index in [2.05, 4.69) is 54.6 Å². The molecule has 0 heterocycles. The molecule has 0 aliphatic heterocycles. The molecule has 0 spiro atoms. The number of hydrogen-bond donors (Lipinski definition) is 2. The molecule has 6 heteroatoms. The van der Waals surface area contributed by atoms with Crippen molar-refractivity contribution >= 4 is 29.9 Å². The molecule has 5 nitrogen and oxygen atoms in total. The predicted octanol–water partition coefficient (Wildman–Crippen LogP) is 3.35. The molecular formula is C18H32IN3O2. The summed E-state index contributed by atoms with van der Waals surface area (Å²) in [6.07, 6.45) is 0.884. The van der Waals surface area contributed by atoms with Crippen LogP contribution in [-0.2, 0) is 11.3 Å². The van der Waals surface area contributed by atoms with E-state index in [4.69, 9.17) is 9.47 Å². The average molecular weight is 449 g/mol. The number of benzene rings is 1. The molecule has 0 aliphatic carbocycles. The molecule has 0 amide bonds. The van der Waals surface area contributed by atoms with Crippen LogP contribution in [0.1, 0.15) is 31.4 Å². The molecule has 0 fully saturated rings.